The van der Waals surface area contributed by atoms with Gasteiger partial charge in [-0.15, -0.1) is 10.2 Å². The average molecular weight is 207 g/mol. The molecule has 1 aliphatic heterocycles. The number of nitrogens with zero attached hydrogens (tertiary/aromatic N) is 4. The molecule has 1 aromatic rings. The number of carbonyl (C=O) groups excluding carboxylic acids is 1. The zero-order valence-corrected chi connectivity index (χ0v) is 8.06. The molecule has 2 N–H and O–H groups in total. The Morgan fingerprint density at radius 3 is 2.87 bits per heavy atom. The van der Waals surface area contributed by atoms with Crippen molar-refractivity contribution in [2.75, 3.05) is 0 Å². The van der Waals surface area contributed by atoms with Crippen LogP contribution in [0.15, 0.2) is 10.2 Å². The highest BCUT2D eigenvalue weighted by Gasteiger charge is 2.24. The average Bonchev–Trinajstić information content (AvgIpc) is 2.71. The van der Waals surface area contributed by atoms with Gasteiger partial charge in [-0.1, -0.05) is 6.92 Å². The number of Topliss-reactive ketones (excluding diaryl/α,β-unsaturated/α-hetero) is 1. The van der Waals surface area contributed by atoms with Crippen LogP contribution in [0.3, 0.4) is 0 Å². The van der Waals surface area contributed by atoms with E-state index in [1.54, 1.807) is 6.92 Å². The number of rotatable bonds is 3. The van der Waals surface area contributed by atoms with Crippen LogP contribution in [0.1, 0.15) is 19.0 Å². The van der Waals surface area contributed by atoms with E-state index in [-0.39, 0.29) is 35.7 Å². The summed E-state index contributed by atoms with van der Waals surface area (Å²) in [5.41, 5.74) is 0.250. The minimum atomic E-state index is -0.221. The number of nitrogens with one attached hydrogen (secondary N) is 1. The van der Waals surface area contributed by atoms with Gasteiger partial charge in [0.2, 0.25) is 5.88 Å². The predicted octanol–water partition coefficient (Wildman–Crippen LogP) is 0.990. The molecule has 0 aromatic carbocycles. The van der Waals surface area contributed by atoms with Crippen molar-refractivity contribution < 1.29 is 9.90 Å². The lowest BCUT2D eigenvalue weighted by atomic mass is 10.2. The Hall–Kier alpha value is -2.05. The number of azo groups is 1. The molecule has 0 aliphatic carbocycles. The zero-order chi connectivity index (χ0) is 11.0. The van der Waals surface area contributed by atoms with Crippen LogP contribution in [-0.4, -0.2) is 26.4 Å². The minimum Gasteiger partial charge on any atom is -0.493 e. The van der Waals surface area contributed by atoms with Gasteiger partial charge in [0.15, 0.2) is 0 Å². The number of fused-ring (bicyclic) bond motifs is 1. The maximum atomic E-state index is 11.2. The topological polar surface area (TPSA) is 104 Å². The van der Waals surface area contributed by atoms with Crippen LogP contribution in [0.25, 0.3) is 0 Å². The lowest BCUT2D eigenvalue weighted by Gasteiger charge is -1.97. The standard InChI is InChI=1S/C8H9N5O2/c1-2-4(14)3-5-6(15)13-7(9)11-12-8(13)10-5/h9,15H,2-3H2,1H3. The van der Waals surface area contributed by atoms with Gasteiger partial charge in [-0.2, -0.15) is 0 Å². The van der Waals surface area contributed by atoms with Crippen molar-refractivity contribution in [2.45, 2.75) is 19.8 Å². The van der Waals surface area contributed by atoms with E-state index in [9.17, 15) is 9.90 Å². The first-order valence-corrected chi connectivity index (χ1v) is 4.46. The number of carbonyl (C=O) groups is 1. The molecule has 1 aliphatic rings. The molecular weight excluding hydrogens is 198 g/mol. The van der Waals surface area contributed by atoms with Gasteiger partial charge in [-0.05, 0) is 0 Å². The van der Waals surface area contributed by atoms with E-state index < -0.39 is 0 Å². The van der Waals surface area contributed by atoms with Gasteiger partial charge in [-0.3, -0.25) is 10.2 Å². The van der Waals surface area contributed by atoms with Gasteiger partial charge in [-0.25, -0.2) is 9.55 Å². The second-order valence-electron chi connectivity index (χ2n) is 3.11. The molecule has 2 heterocycles. The third kappa shape index (κ3) is 1.41. The maximum Gasteiger partial charge on any atom is 0.259 e. The van der Waals surface area contributed by atoms with Crippen molar-refractivity contribution in [2.24, 2.45) is 10.2 Å². The van der Waals surface area contributed by atoms with E-state index in [2.05, 4.69) is 15.2 Å². The third-order valence-electron chi connectivity index (χ3n) is 2.11. The van der Waals surface area contributed by atoms with Crippen LogP contribution in [-0.2, 0) is 11.2 Å². The molecule has 15 heavy (non-hydrogen) atoms. The molecule has 1 aromatic heterocycles. The molecule has 0 atom stereocenters. The Morgan fingerprint density at radius 1 is 1.53 bits per heavy atom. The van der Waals surface area contributed by atoms with Crippen molar-refractivity contribution >= 4 is 17.7 Å². The molecule has 0 unspecified atom stereocenters. The Balaban J connectivity index is 2.36. The van der Waals surface area contributed by atoms with Crippen molar-refractivity contribution in [3.05, 3.63) is 5.69 Å². The first kappa shape index (κ1) is 9.50. The number of hydrogen-bond donors (Lipinski definition) is 2. The Morgan fingerprint density at radius 2 is 2.27 bits per heavy atom. The molecule has 0 saturated carbocycles. The normalized spacial score (nSPS) is 13.3. The number of ketones is 1. The highest BCUT2D eigenvalue weighted by Crippen LogP contribution is 2.29. The summed E-state index contributed by atoms with van der Waals surface area (Å²) in [6.45, 7) is 1.74. The summed E-state index contributed by atoms with van der Waals surface area (Å²) < 4.78 is 1.10. The second-order valence-corrected chi connectivity index (χ2v) is 3.11. The quantitative estimate of drug-likeness (QED) is 0.772. The van der Waals surface area contributed by atoms with E-state index in [1.807, 2.05) is 0 Å². The number of aromatic nitrogens is 2. The molecule has 78 valence electrons. The first-order valence-electron chi connectivity index (χ1n) is 4.46. The molecule has 0 radical (unpaired) electrons. The van der Waals surface area contributed by atoms with Crippen LogP contribution in [0, 0.1) is 5.41 Å². The van der Waals surface area contributed by atoms with Gasteiger partial charge in [0.25, 0.3) is 11.9 Å². The van der Waals surface area contributed by atoms with E-state index in [0.717, 1.165) is 4.57 Å². The summed E-state index contributed by atoms with van der Waals surface area (Å²) >= 11 is 0. The summed E-state index contributed by atoms with van der Waals surface area (Å²) in [4.78, 5) is 15.1. The maximum absolute atomic E-state index is 11.2. The Kier molecular flexibility index (Phi) is 2.07. The van der Waals surface area contributed by atoms with Gasteiger partial charge in [0.05, 0.1) is 6.42 Å². The lowest BCUT2D eigenvalue weighted by molar-refractivity contribution is -0.118. The SMILES string of the molecule is CCC(=O)Cc1nc2n(c1O)C(=N)N=N2. The number of imidazole rings is 1. The van der Waals surface area contributed by atoms with Crippen LogP contribution < -0.4 is 0 Å². The van der Waals surface area contributed by atoms with Crippen LogP contribution >= 0.6 is 0 Å². The Labute approximate surface area is 85.0 Å². The molecule has 7 heteroatoms. The molecule has 0 amide bonds. The van der Waals surface area contributed by atoms with E-state index in [0.29, 0.717) is 6.42 Å². The minimum absolute atomic E-state index is 0.0226. The van der Waals surface area contributed by atoms with Crippen molar-refractivity contribution in [1.82, 2.24) is 9.55 Å². The molecule has 0 saturated heterocycles. The molecular formula is C8H9N5O2. The molecule has 0 bridgehead atoms. The number of aromatic hydroxyl groups is 1. The van der Waals surface area contributed by atoms with Gasteiger partial charge < -0.3 is 5.11 Å². The smallest absolute Gasteiger partial charge is 0.259 e. The largest absolute Gasteiger partial charge is 0.493 e. The second kappa shape index (κ2) is 3.26. The lowest BCUT2D eigenvalue weighted by Crippen LogP contribution is -2.04. The first-order chi connectivity index (χ1) is 7.13. The van der Waals surface area contributed by atoms with Crippen LogP contribution in [0.5, 0.6) is 5.88 Å². The summed E-state index contributed by atoms with van der Waals surface area (Å²) in [5, 5.41) is 24.0. The zero-order valence-electron chi connectivity index (χ0n) is 8.06. The summed E-state index contributed by atoms with van der Waals surface area (Å²) in [5.74, 6) is -0.283. The number of hydrogen-bond acceptors (Lipinski definition) is 5. The van der Waals surface area contributed by atoms with E-state index in [4.69, 9.17) is 5.41 Å². The molecule has 0 spiro atoms. The fourth-order valence-corrected chi connectivity index (χ4v) is 1.27. The van der Waals surface area contributed by atoms with Gasteiger partial charge >= 0.3 is 0 Å². The van der Waals surface area contributed by atoms with Crippen LogP contribution in [0.4, 0.5) is 5.95 Å². The van der Waals surface area contributed by atoms with Crippen molar-refractivity contribution in [3.63, 3.8) is 0 Å². The van der Waals surface area contributed by atoms with E-state index >= 15 is 0 Å². The van der Waals surface area contributed by atoms with Crippen molar-refractivity contribution in [3.8, 4) is 5.88 Å². The van der Waals surface area contributed by atoms with Gasteiger partial charge in [0.1, 0.15) is 11.5 Å². The predicted molar refractivity (Wildman–Crippen MR) is 50.5 cm³/mol. The highest BCUT2D eigenvalue weighted by molar-refractivity contribution is 5.87. The third-order valence-corrected chi connectivity index (χ3v) is 2.11. The molecule has 7 nitrogen and oxygen atoms in total. The molecule has 0 fully saturated rings. The fraction of sp³-hybridized carbons (Fsp3) is 0.375. The molecule has 2 rings (SSSR count). The monoisotopic (exact) mass is 207 g/mol. The van der Waals surface area contributed by atoms with Crippen LogP contribution in [0.2, 0.25) is 0 Å². The Bertz CT molecular complexity index is 474. The summed E-state index contributed by atoms with van der Waals surface area (Å²) in [7, 11) is 0. The summed E-state index contributed by atoms with van der Waals surface area (Å²) in [6.07, 6.45) is 0.450. The van der Waals surface area contributed by atoms with Gasteiger partial charge in [0, 0.05) is 6.42 Å². The summed E-state index contributed by atoms with van der Waals surface area (Å²) in [6, 6.07) is 0. The fourth-order valence-electron chi connectivity index (χ4n) is 1.27. The highest BCUT2D eigenvalue weighted by atomic mass is 16.3. The van der Waals surface area contributed by atoms with E-state index in [1.165, 1.54) is 0 Å². The van der Waals surface area contributed by atoms with Crippen molar-refractivity contribution in [1.29, 1.82) is 5.41 Å².